The Morgan fingerprint density at radius 1 is 1.02 bits per heavy atom. The number of carbonyl (C=O) groups is 5. The minimum absolute atomic E-state index is 0.118. The average molecular weight is 678 g/mol. The van der Waals surface area contributed by atoms with Crippen molar-refractivity contribution in [1.29, 1.82) is 0 Å². The predicted molar refractivity (Wildman–Crippen MR) is 179 cm³/mol. The Labute approximate surface area is 279 Å². The summed E-state index contributed by atoms with van der Waals surface area (Å²) in [6, 6.07) is -3.57. The SMILES string of the molecule is C=CCNC(=O)C(=O)C(CCC)NC(=O)C1N(C(=O)[C@@H](NC(=O)NC2(CS(C)(=O)=O)CCCCC2)C(C)(C)C)CC2C3CC31C2(C)C. The highest BCUT2D eigenvalue weighted by Crippen LogP contribution is 2.84. The molecule has 0 aromatic rings. The Balaban J connectivity index is 1.60. The Bertz CT molecular complexity index is 1400. The molecule has 5 rings (SSSR count). The van der Waals surface area contributed by atoms with Gasteiger partial charge in [0, 0.05) is 24.8 Å². The number of ketones is 1. The quantitative estimate of drug-likeness (QED) is 0.171. The number of fused-ring (bicyclic) bond motifs is 2. The molecule has 5 amide bonds. The maximum absolute atomic E-state index is 14.6. The van der Waals surface area contributed by atoms with Gasteiger partial charge in [-0.15, -0.1) is 6.58 Å². The van der Waals surface area contributed by atoms with Crippen molar-refractivity contribution in [2.24, 2.45) is 28.1 Å². The van der Waals surface area contributed by atoms with Gasteiger partial charge in [-0.1, -0.05) is 73.3 Å². The molecule has 1 spiro atoms. The Hall–Kier alpha value is -2.96. The number of hydrogen-bond donors (Lipinski definition) is 4. The van der Waals surface area contributed by atoms with E-state index in [1.807, 2.05) is 27.7 Å². The molecule has 4 N–H and O–H groups in total. The molecule has 0 radical (unpaired) electrons. The van der Waals surface area contributed by atoms with Crippen LogP contribution in [-0.4, -0.2) is 91.6 Å². The van der Waals surface area contributed by atoms with E-state index < -0.39 is 73.9 Å². The summed E-state index contributed by atoms with van der Waals surface area (Å²) >= 11 is 0. The van der Waals surface area contributed by atoms with E-state index in [0.717, 1.165) is 31.9 Å². The molecule has 3 aliphatic carbocycles. The van der Waals surface area contributed by atoms with Gasteiger partial charge in [0.2, 0.25) is 17.6 Å². The van der Waals surface area contributed by atoms with E-state index >= 15 is 0 Å². The molecule has 3 saturated carbocycles. The van der Waals surface area contributed by atoms with E-state index in [-0.39, 0.29) is 36.0 Å². The van der Waals surface area contributed by atoms with Crippen LogP contribution in [0.1, 0.15) is 92.9 Å². The summed E-state index contributed by atoms with van der Waals surface area (Å²) < 4.78 is 24.7. The van der Waals surface area contributed by atoms with Crippen LogP contribution in [0.4, 0.5) is 4.79 Å². The van der Waals surface area contributed by atoms with Gasteiger partial charge in [-0.25, -0.2) is 13.2 Å². The number of Topliss-reactive ketones (excluding diaryl/α,β-unsaturated/α-hetero) is 1. The molecule has 5 unspecified atom stereocenters. The van der Waals surface area contributed by atoms with Gasteiger partial charge in [0.15, 0.2) is 0 Å². The summed E-state index contributed by atoms with van der Waals surface area (Å²) in [5, 5.41) is 11.2. The molecule has 0 aromatic heterocycles. The lowest BCUT2D eigenvalue weighted by atomic mass is 9.49. The molecule has 6 atom stereocenters. The third-order valence-electron chi connectivity index (χ3n) is 11.4. The van der Waals surface area contributed by atoms with E-state index in [2.05, 4.69) is 41.7 Å². The fraction of sp³-hybridized carbons (Fsp3) is 0.794. The highest BCUT2D eigenvalue weighted by Gasteiger charge is 2.85. The number of amides is 5. The molecular formula is C34H55N5O7S. The van der Waals surface area contributed by atoms with Gasteiger partial charge in [-0.3, -0.25) is 19.2 Å². The Kier molecular flexibility index (Phi) is 10.3. The summed E-state index contributed by atoms with van der Waals surface area (Å²) in [5.41, 5.74) is -2.36. The van der Waals surface area contributed by atoms with E-state index in [9.17, 15) is 32.4 Å². The highest BCUT2D eigenvalue weighted by molar-refractivity contribution is 7.90. The van der Waals surface area contributed by atoms with Crippen molar-refractivity contribution in [3.63, 3.8) is 0 Å². The summed E-state index contributed by atoms with van der Waals surface area (Å²) in [6.07, 6.45) is 7.81. The molecule has 2 heterocycles. The summed E-state index contributed by atoms with van der Waals surface area (Å²) in [6.45, 7) is 15.6. The molecule has 47 heavy (non-hydrogen) atoms. The molecule has 2 saturated heterocycles. The normalized spacial score (nSPS) is 28.3. The zero-order chi connectivity index (χ0) is 35.2. The third-order valence-corrected chi connectivity index (χ3v) is 12.4. The van der Waals surface area contributed by atoms with Crippen LogP contribution in [-0.2, 0) is 29.0 Å². The average Bonchev–Trinajstić information content (AvgIpc) is 3.69. The van der Waals surface area contributed by atoms with E-state index in [1.165, 1.54) is 6.08 Å². The van der Waals surface area contributed by atoms with Crippen LogP contribution in [0.25, 0.3) is 0 Å². The standard InChI is InChI=1S/C34H55N5O7S/c1-9-14-23(24(40)27(41)35-17-10-2)36-28(42)26-34-18-21(34)22(32(34,6)7)19-39(26)29(43)25(31(3,4)5)37-30(44)38-33(20-47(8,45)46)15-12-11-13-16-33/h10,21-23,25-26H,2,9,11-20H2,1,3-8H3,(H,35,41)(H,36,42)(H2,37,38,44)/t21?,22?,23?,25-,26?,34?/m1/s1. The van der Waals surface area contributed by atoms with E-state index in [1.54, 1.807) is 4.90 Å². The van der Waals surface area contributed by atoms with Crippen LogP contribution < -0.4 is 21.3 Å². The first kappa shape index (κ1) is 36.9. The van der Waals surface area contributed by atoms with Crippen LogP contribution in [0, 0.1) is 28.1 Å². The Morgan fingerprint density at radius 3 is 2.19 bits per heavy atom. The zero-order valence-corrected chi connectivity index (χ0v) is 30.0. The minimum Gasteiger partial charge on any atom is -0.346 e. The van der Waals surface area contributed by atoms with Crippen molar-refractivity contribution in [1.82, 2.24) is 26.2 Å². The van der Waals surface area contributed by atoms with Crippen molar-refractivity contribution >= 4 is 39.4 Å². The van der Waals surface area contributed by atoms with Gasteiger partial charge in [-0.05, 0) is 48.3 Å². The zero-order valence-electron chi connectivity index (χ0n) is 29.2. The summed E-state index contributed by atoms with van der Waals surface area (Å²) in [7, 11) is -3.40. The lowest BCUT2D eigenvalue weighted by Gasteiger charge is -2.63. The second-order valence-corrected chi connectivity index (χ2v) is 18.2. The topological polar surface area (TPSA) is 171 Å². The molecule has 12 nitrogen and oxygen atoms in total. The molecular weight excluding hydrogens is 622 g/mol. The molecule has 264 valence electrons. The highest BCUT2D eigenvalue weighted by atomic mass is 32.2. The maximum atomic E-state index is 14.6. The predicted octanol–water partition coefficient (Wildman–Crippen LogP) is 2.48. The van der Waals surface area contributed by atoms with Crippen molar-refractivity contribution in [3.05, 3.63) is 12.7 Å². The third kappa shape index (κ3) is 7.10. The first-order valence-corrected chi connectivity index (χ1v) is 19.1. The first-order valence-electron chi connectivity index (χ1n) is 17.0. The van der Waals surface area contributed by atoms with Gasteiger partial charge < -0.3 is 26.2 Å². The fourth-order valence-corrected chi connectivity index (χ4v) is 10.4. The van der Waals surface area contributed by atoms with Crippen LogP contribution >= 0.6 is 0 Å². The molecule has 0 aromatic carbocycles. The van der Waals surface area contributed by atoms with Crippen LogP contribution in [0.3, 0.4) is 0 Å². The largest absolute Gasteiger partial charge is 0.346 e. The van der Waals surface area contributed by atoms with Crippen LogP contribution in [0.15, 0.2) is 12.7 Å². The van der Waals surface area contributed by atoms with Crippen LogP contribution in [0.2, 0.25) is 0 Å². The van der Waals surface area contributed by atoms with E-state index in [0.29, 0.717) is 25.8 Å². The molecule has 2 bridgehead atoms. The lowest BCUT2D eigenvalue weighted by molar-refractivity contribution is -0.184. The van der Waals surface area contributed by atoms with Crippen molar-refractivity contribution in [2.45, 2.75) is 117 Å². The number of piperidine rings is 2. The number of rotatable bonds is 13. The molecule has 13 heteroatoms. The number of sulfone groups is 1. The summed E-state index contributed by atoms with van der Waals surface area (Å²) in [4.78, 5) is 69.6. The monoisotopic (exact) mass is 677 g/mol. The van der Waals surface area contributed by atoms with Gasteiger partial charge >= 0.3 is 6.03 Å². The van der Waals surface area contributed by atoms with E-state index in [4.69, 9.17) is 0 Å². The number of carbonyl (C=O) groups excluding carboxylic acids is 5. The fourth-order valence-electron chi connectivity index (χ4n) is 8.99. The lowest BCUT2D eigenvalue weighted by Crippen LogP contribution is -2.74. The van der Waals surface area contributed by atoms with Crippen molar-refractivity contribution in [3.8, 4) is 0 Å². The minimum atomic E-state index is -3.40. The van der Waals surface area contributed by atoms with Gasteiger partial charge in [0.25, 0.3) is 5.91 Å². The van der Waals surface area contributed by atoms with Crippen molar-refractivity contribution < 1.29 is 32.4 Å². The van der Waals surface area contributed by atoms with Gasteiger partial charge in [0.05, 0.1) is 17.3 Å². The number of nitrogens with one attached hydrogen (secondary N) is 4. The Morgan fingerprint density at radius 2 is 1.66 bits per heavy atom. The number of nitrogens with zero attached hydrogens (tertiary/aromatic N) is 1. The summed E-state index contributed by atoms with van der Waals surface area (Å²) in [5.74, 6) is -2.14. The second kappa shape index (κ2) is 13.2. The van der Waals surface area contributed by atoms with Gasteiger partial charge in [0.1, 0.15) is 21.9 Å². The van der Waals surface area contributed by atoms with Crippen LogP contribution in [0.5, 0.6) is 0 Å². The smallest absolute Gasteiger partial charge is 0.315 e. The number of hydrogen-bond acceptors (Lipinski definition) is 7. The molecule has 5 fully saturated rings. The van der Waals surface area contributed by atoms with Crippen molar-refractivity contribution in [2.75, 3.05) is 25.1 Å². The van der Waals surface area contributed by atoms with Gasteiger partial charge in [-0.2, -0.15) is 0 Å². The molecule has 5 aliphatic rings. The molecule has 2 aliphatic heterocycles. The first-order chi connectivity index (χ1) is 21.7. The number of urea groups is 1. The maximum Gasteiger partial charge on any atom is 0.315 e. The second-order valence-electron chi connectivity index (χ2n) is 16.1.